The van der Waals surface area contributed by atoms with Crippen molar-refractivity contribution in [2.45, 2.75) is 13.5 Å². The average Bonchev–Trinajstić information content (AvgIpc) is 2.93. The van der Waals surface area contributed by atoms with Crippen molar-refractivity contribution in [2.24, 2.45) is 0 Å². The Hall–Kier alpha value is -2.66. The number of ether oxygens (including phenoxy) is 1. The van der Waals surface area contributed by atoms with E-state index >= 15 is 0 Å². The third-order valence-corrected chi connectivity index (χ3v) is 3.31. The van der Waals surface area contributed by atoms with Crippen LogP contribution in [0.25, 0.3) is 16.6 Å². The van der Waals surface area contributed by atoms with Gasteiger partial charge in [0, 0.05) is 25.1 Å². The Kier molecular flexibility index (Phi) is 3.89. The molecule has 2 aromatic carbocycles. The second kappa shape index (κ2) is 5.99. The van der Waals surface area contributed by atoms with Crippen LogP contribution in [-0.2, 0) is 11.3 Å². The number of nitrogens with zero attached hydrogens (tertiary/aromatic N) is 2. The van der Waals surface area contributed by atoms with Gasteiger partial charge in [0.1, 0.15) is 5.52 Å². The van der Waals surface area contributed by atoms with Crippen LogP contribution in [0.3, 0.4) is 0 Å². The molecule has 0 fully saturated rings. The lowest BCUT2D eigenvalue weighted by Gasteiger charge is -2.04. The predicted molar refractivity (Wildman–Crippen MR) is 85.1 cm³/mol. The topological polar surface area (TPSA) is 56.2 Å². The number of hydrogen-bond acceptors (Lipinski definition) is 4. The maximum Gasteiger partial charge on any atom is 0.308 e. The van der Waals surface area contributed by atoms with Gasteiger partial charge in [0.2, 0.25) is 0 Å². The Bertz CT molecular complexity index is 824. The fourth-order valence-electron chi connectivity index (χ4n) is 2.40. The highest BCUT2D eigenvalue weighted by molar-refractivity contribution is 5.86. The molecule has 1 N–H and O–H groups in total. The highest BCUT2D eigenvalue weighted by Crippen LogP contribution is 2.25. The van der Waals surface area contributed by atoms with E-state index in [-0.39, 0.29) is 5.97 Å². The van der Waals surface area contributed by atoms with Gasteiger partial charge in [-0.15, -0.1) is 0 Å². The SMILES string of the molecule is CNCc1cccc(-n2cc3cccc(OC(C)=O)c3n2)c1. The van der Waals surface area contributed by atoms with Crippen LogP contribution in [0, 0.1) is 0 Å². The molecule has 22 heavy (non-hydrogen) atoms. The zero-order valence-electron chi connectivity index (χ0n) is 12.5. The summed E-state index contributed by atoms with van der Waals surface area (Å²) in [7, 11) is 1.92. The highest BCUT2D eigenvalue weighted by atomic mass is 16.5. The third kappa shape index (κ3) is 2.84. The Labute approximate surface area is 128 Å². The molecule has 0 aliphatic carbocycles. The predicted octanol–water partition coefficient (Wildman–Crippen LogP) is 2.67. The molecule has 112 valence electrons. The van der Waals surface area contributed by atoms with E-state index in [1.54, 1.807) is 10.7 Å². The van der Waals surface area contributed by atoms with Gasteiger partial charge in [0.05, 0.1) is 5.69 Å². The van der Waals surface area contributed by atoms with Crippen molar-refractivity contribution in [3.63, 3.8) is 0 Å². The van der Waals surface area contributed by atoms with Crippen LogP contribution in [0.4, 0.5) is 0 Å². The zero-order chi connectivity index (χ0) is 15.5. The van der Waals surface area contributed by atoms with E-state index in [1.807, 2.05) is 37.5 Å². The van der Waals surface area contributed by atoms with Gasteiger partial charge in [-0.05, 0) is 30.8 Å². The number of aromatic nitrogens is 2. The fourth-order valence-corrected chi connectivity index (χ4v) is 2.40. The number of fused-ring (bicyclic) bond motifs is 1. The minimum Gasteiger partial charge on any atom is -0.424 e. The van der Waals surface area contributed by atoms with Gasteiger partial charge < -0.3 is 10.1 Å². The summed E-state index contributed by atoms with van der Waals surface area (Å²) in [6.07, 6.45) is 1.93. The Morgan fingerprint density at radius 2 is 2.09 bits per heavy atom. The molecule has 0 aliphatic heterocycles. The van der Waals surface area contributed by atoms with Gasteiger partial charge in [-0.25, -0.2) is 4.68 Å². The second-order valence-electron chi connectivity index (χ2n) is 5.06. The molecule has 5 nitrogen and oxygen atoms in total. The van der Waals surface area contributed by atoms with E-state index in [4.69, 9.17) is 4.74 Å². The van der Waals surface area contributed by atoms with Crippen LogP contribution < -0.4 is 10.1 Å². The summed E-state index contributed by atoms with van der Waals surface area (Å²) in [6.45, 7) is 2.18. The minimum atomic E-state index is -0.349. The number of rotatable bonds is 4. The van der Waals surface area contributed by atoms with E-state index in [1.165, 1.54) is 12.5 Å². The van der Waals surface area contributed by atoms with E-state index < -0.39 is 0 Å². The molecule has 0 aliphatic rings. The van der Waals surface area contributed by atoms with Gasteiger partial charge in [-0.2, -0.15) is 5.10 Å². The Balaban J connectivity index is 2.05. The van der Waals surface area contributed by atoms with Gasteiger partial charge in [-0.3, -0.25) is 4.79 Å². The lowest BCUT2D eigenvalue weighted by Crippen LogP contribution is -2.05. The van der Waals surface area contributed by atoms with Crippen LogP contribution in [-0.4, -0.2) is 22.8 Å². The Morgan fingerprint density at radius 3 is 2.86 bits per heavy atom. The largest absolute Gasteiger partial charge is 0.424 e. The van der Waals surface area contributed by atoms with Crippen molar-refractivity contribution in [2.75, 3.05) is 7.05 Å². The number of nitrogens with one attached hydrogen (secondary N) is 1. The summed E-state index contributed by atoms with van der Waals surface area (Å²) in [6, 6.07) is 13.7. The first-order chi connectivity index (χ1) is 10.7. The second-order valence-corrected chi connectivity index (χ2v) is 5.06. The highest BCUT2D eigenvalue weighted by Gasteiger charge is 2.10. The van der Waals surface area contributed by atoms with Crippen LogP contribution in [0.1, 0.15) is 12.5 Å². The number of carbonyl (C=O) groups is 1. The summed E-state index contributed by atoms with van der Waals surface area (Å²) in [5.41, 5.74) is 2.83. The maximum absolute atomic E-state index is 11.2. The first kappa shape index (κ1) is 14.3. The van der Waals surface area contributed by atoms with Crippen LogP contribution >= 0.6 is 0 Å². The van der Waals surface area contributed by atoms with Crippen molar-refractivity contribution in [1.29, 1.82) is 0 Å². The van der Waals surface area contributed by atoms with E-state index in [2.05, 4.69) is 22.5 Å². The normalized spacial score (nSPS) is 10.8. The molecule has 0 saturated heterocycles. The minimum absolute atomic E-state index is 0.349. The summed E-state index contributed by atoms with van der Waals surface area (Å²) in [4.78, 5) is 11.2. The van der Waals surface area contributed by atoms with E-state index in [0.717, 1.165) is 17.6 Å². The molecule has 0 spiro atoms. The standard InChI is InChI=1S/C17H17N3O2/c1-12(21)22-16-8-4-6-14-11-20(19-17(14)16)15-7-3-5-13(9-15)10-18-2/h3-9,11,18H,10H2,1-2H3. The first-order valence-corrected chi connectivity index (χ1v) is 7.08. The zero-order valence-corrected chi connectivity index (χ0v) is 12.5. The van der Waals surface area contributed by atoms with Gasteiger partial charge >= 0.3 is 5.97 Å². The number of hydrogen-bond donors (Lipinski definition) is 1. The van der Waals surface area contributed by atoms with Crippen molar-refractivity contribution in [1.82, 2.24) is 15.1 Å². The third-order valence-electron chi connectivity index (χ3n) is 3.31. The molecule has 0 atom stereocenters. The molecule has 0 radical (unpaired) electrons. The average molecular weight is 295 g/mol. The van der Waals surface area contributed by atoms with Crippen LogP contribution in [0.5, 0.6) is 5.75 Å². The molecule has 0 amide bonds. The molecule has 0 bridgehead atoms. The molecule has 1 heterocycles. The van der Waals surface area contributed by atoms with E-state index in [0.29, 0.717) is 11.3 Å². The van der Waals surface area contributed by atoms with Crippen molar-refractivity contribution < 1.29 is 9.53 Å². The monoisotopic (exact) mass is 295 g/mol. The van der Waals surface area contributed by atoms with E-state index in [9.17, 15) is 4.79 Å². The first-order valence-electron chi connectivity index (χ1n) is 7.08. The van der Waals surface area contributed by atoms with Crippen molar-refractivity contribution >= 4 is 16.9 Å². The van der Waals surface area contributed by atoms with Crippen LogP contribution in [0.2, 0.25) is 0 Å². The lowest BCUT2D eigenvalue weighted by atomic mass is 10.2. The lowest BCUT2D eigenvalue weighted by molar-refractivity contribution is -0.131. The maximum atomic E-state index is 11.2. The molecular weight excluding hydrogens is 278 g/mol. The number of benzene rings is 2. The molecule has 3 aromatic rings. The quantitative estimate of drug-likeness (QED) is 0.594. The Morgan fingerprint density at radius 1 is 1.27 bits per heavy atom. The number of carbonyl (C=O) groups excluding carboxylic acids is 1. The molecule has 5 heteroatoms. The molecule has 0 saturated carbocycles. The molecule has 3 rings (SSSR count). The summed E-state index contributed by atoms with van der Waals surface area (Å²) < 4.78 is 7.02. The van der Waals surface area contributed by atoms with Gasteiger partial charge in [0.25, 0.3) is 0 Å². The smallest absolute Gasteiger partial charge is 0.308 e. The fraction of sp³-hybridized carbons (Fsp3) is 0.176. The molecular formula is C17H17N3O2. The van der Waals surface area contributed by atoms with Gasteiger partial charge in [0.15, 0.2) is 5.75 Å². The summed E-state index contributed by atoms with van der Waals surface area (Å²) >= 11 is 0. The molecule has 1 aromatic heterocycles. The van der Waals surface area contributed by atoms with Crippen molar-refractivity contribution in [3.05, 3.63) is 54.2 Å². The number of esters is 1. The molecule has 0 unspecified atom stereocenters. The van der Waals surface area contributed by atoms with Crippen molar-refractivity contribution in [3.8, 4) is 11.4 Å². The summed E-state index contributed by atoms with van der Waals surface area (Å²) in [5, 5.41) is 8.62. The van der Waals surface area contributed by atoms with Crippen LogP contribution in [0.15, 0.2) is 48.7 Å². The van der Waals surface area contributed by atoms with Gasteiger partial charge in [-0.1, -0.05) is 24.3 Å². The summed E-state index contributed by atoms with van der Waals surface area (Å²) in [5.74, 6) is 0.133.